The Hall–Kier alpha value is -7.40. The molecular formula is C62H67Cl2N11O4. The molecule has 4 N–H and O–H groups in total. The fourth-order valence-corrected chi connectivity index (χ4v) is 11.5. The number of rotatable bonds is 11. The van der Waals surface area contributed by atoms with Crippen LogP contribution in [0.25, 0.3) is 55.5 Å². The maximum atomic E-state index is 12.3. The van der Waals surface area contributed by atoms with E-state index in [9.17, 15) is 9.59 Å². The molecule has 17 heteroatoms. The van der Waals surface area contributed by atoms with Gasteiger partial charge in [0.1, 0.15) is 12.4 Å². The lowest BCUT2D eigenvalue weighted by Gasteiger charge is -2.32. The zero-order valence-corrected chi connectivity index (χ0v) is 46.3. The van der Waals surface area contributed by atoms with Crippen LogP contribution in [-0.4, -0.2) is 115 Å². The lowest BCUT2D eigenvalue weighted by Crippen LogP contribution is -2.38. The summed E-state index contributed by atoms with van der Waals surface area (Å²) < 4.78 is 17.2. The van der Waals surface area contributed by atoms with Gasteiger partial charge in [-0.25, -0.2) is 9.78 Å². The molecule has 15 nitrogen and oxygen atoms in total. The highest BCUT2D eigenvalue weighted by Crippen LogP contribution is 2.39. The van der Waals surface area contributed by atoms with E-state index < -0.39 is 0 Å². The highest BCUT2D eigenvalue weighted by molar-refractivity contribution is 6.30. The van der Waals surface area contributed by atoms with Crippen molar-refractivity contribution in [3.8, 4) is 17.2 Å². The number of halogens is 2. The summed E-state index contributed by atoms with van der Waals surface area (Å²) in [5, 5.41) is 5.00. The van der Waals surface area contributed by atoms with Gasteiger partial charge in [-0.1, -0.05) is 47.0 Å². The number of pyridine rings is 4. The number of carbonyl (C=O) groups is 2. The van der Waals surface area contributed by atoms with Gasteiger partial charge in [-0.05, 0) is 154 Å². The number of ether oxygens (including phenoxy) is 2. The Bertz CT molecular complexity index is 3400. The summed E-state index contributed by atoms with van der Waals surface area (Å²) in [5.41, 5.74) is 24.3. The topological polar surface area (TPSA) is 177 Å². The molecule has 408 valence electrons. The Morgan fingerprint density at radius 2 is 1.24 bits per heavy atom. The van der Waals surface area contributed by atoms with Crippen LogP contribution < -0.4 is 11.5 Å². The number of aryl methyl sites for hydroxylation is 1. The summed E-state index contributed by atoms with van der Waals surface area (Å²) >= 11 is 12.0. The first-order valence-electron chi connectivity index (χ1n) is 27.3. The average molecular weight is 1100 g/mol. The molecule has 10 heterocycles. The Balaban J connectivity index is 0.000000134. The van der Waals surface area contributed by atoms with Crippen molar-refractivity contribution in [3.63, 3.8) is 0 Å². The van der Waals surface area contributed by atoms with Crippen LogP contribution in [0.2, 0.25) is 10.0 Å². The monoisotopic (exact) mass is 1100 g/mol. The van der Waals surface area contributed by atoms with Gasteiger partial charge < -0.3 is 39.9 Å². The number of hydrogen-bond acceptors (Lipinski definition) is 10. The van der Waals surface area contributed by atoms with Crippen molar-refractivity contribution in [2.24, 2.45) is 11.5 Å². The smallest absolute Gasteiger partial charge is 0.409 e. The van der Waals surface area contributed by atoms with E-state index in [1.807, 2.05) is 78.5 Å². The summed E-state index contributed by atoms with van der Waals surface area (Å²) in [4.78, 5) is 45.5. The predicted molar refractivity (Wildman–Crippen MR) is 315 cm³/mol. The molecule has 2 amide bonds. The van der Waals surface area contributed by atoms with E-state index in [0.29, 0.717) is 61.1 Å². The number of amides is 2. The van der Waals surface area contributed by atoms with Gasteiger partial charge in [0, 0.05) is 120 Å². The molecule has 9 aromatic rings. The van der Waals surface area contributed by atoms with Crippen LogP contribution in [0, 0.1) is 13.8 Å². The minimum absolute atomic E-state index is 0.223. The van der Waals surface area contributed by atoms with E-state index in [-0.39, 0.29) is 18.6 Å². The number of nitrogens with zero attached hydrogens (tertiary/aromatic N) is 9. The number of hydrogen-bond donors (Lipinski definition) is 2. The number of likely N-dealkylation sites (tertiary alicyclic amines) is 2. The Kier molecular flexibility index (Phi) is 17.8. The van der Waals surface area contributed by atoms with Crippen molar-refractivity contribution in [1.82, 2.24) is 43.4 Å². The molecular weight excluding hydrogens is 1030 g/mol. The average Bonchev–Trinajstić information content (AvgIpc) is 4.23. The molecule has 0 atom stereocenters. The number of carbonyl (C=O) groups excluding carboxylic acids is 2. The summed E-state index contributed by atoms with van der Waals surface area (Å²) in [7, 11) is 0. The number of aromatic nitrogens is 7. The number of nitrogens with two attached hydrogens (primary N) is 2. The zero-order chi connectivity index (χ0) is 54.8. The largest absolute Gasteiger partial charge is 0.448 e. The highest BCUT2D eigenvalue weighted by Gasteiger charge is 2.29. The van der Waals surface area contributed by atoms with Crippen molar-refractivity contribution in [2.45, 2.75) is 70.6 Å². The third kappa shape index (κ3) is 12.4. The molecule has 0 unspecified atom stereocenters. The molecule has 0 aliphatic carbocycles. The van der Waals surface area contributed by atoms with Gasteiger partial charge in [0.2, 0.25) is 5.91 Å². The number of fused-ring (bicyclic) bond motifs is 3. The highest BCUT2D eigenvalue weighted by atomic mass is 35.5. The molecule has 0 bridgehead atoms. The van der Waals surface area contributed by atoms with Crippen molar-refractivity contribution in [2.75, 3.05) is 59.1 Å². The van der Waals surface area contributed by atoms with Crippen LogP contribution in [0.4, 0.5) is 4.79 Å². The normalized spacial score (nSPS) is 15.1. The second kappa shape index (κ2) is 25.6. The molecule has 2 fully saturated rings. The quantitative estimate of drug-likeness (QED) is 0.127. The number of piperidine rings is 2. The first-order valence-corrected chi connectivity index (χ1v) is 28.0. The van der Waals surface area contributed by atoms with E-state index in [4.69, 9.17) is 44.1 Å². The number of benzene rings is 2. The third-order valence-electron chi connectivity index (χ3n) is 15.3. The lowest BCUT2D eigenvalue weighted by molar-refractivity contribution is -0.132. The van der Waals surface area contributed by atoms with Crippen LogP contribution in [0.3, 0.4) is 0 Å². The second-order valence-electron chi connectivity index (χ2n) is 20.3. The predicted octanol–water partition coefficient (Wildman–Crippen LogP) is 11.9. The van der Waals surface area contributed by atoms with Gasteiger partial charge in [0.25, 0.3) is 0 Å². The summed E-state index contributed by atoms with van der Waals surface area (Å²) in [6.45, 7) is 9.96. The molecule has 0 spiro atoms. The van der Waals surface area contributed by atoms with Crippen LogP contribution in [0.15, 0.2) is 141 Å². The van der Waals surface area contributed by atoms with Crippen molar-refractivity contribution in [3.05, 3.63) is 179 Å². The van der Waals surface area contributed by atoms with Crippen LogP contribution in [0.5, 0.6) is 0 Å². The van der Waals surface area contributed by atoms with Crippen LogP contribution in [-0.2, 0) is 14.3 Å². The van der Waals surface area contributed by atoms with Crippen LogP contribution >= 0.6 is 23.2 Å². The van der Waals surface area contributed by atoms with Gasteiger partial charge >= 0.3 is 6.09 Å². The molecule has 7 aromatic heterocycles. The molecule has 12 rings (SSSR count). The summed E-state index contributed by atoms with van der Waals surface area (Å²) in [6, 6.07) is 26.5. The van der Waals surface area contributed by atoms with E-state index in [0.717, 1.165) is 86.3 Å². The summed E-state index contributed by atoms with van der Waals surface area (Å²) in [5.74, 6) is 1.85. The van der Waals surface area contributed by atoms with E-state index in [1.54, 1.807) is 11.1 Å². The summed E-state index contributed by atoms with van der Waals surface area (Å²) in [6.07, 6.45) is 25.2. The van der Waals surface area contributed by atoms with Crippen molar-refractivity contribution < 1.29 is 19.1 Å². The van der Waals surface area contributed by atoms with Crippen molar-refractivity contribution >= 4 is 73.5 Å². The molecule has 0 radical (unpaired) electrons. The minimum atomic E-state index is -0.267. The second-order valence-corrected chi connectivity index (χ2v) is 21.2. The fourth-order valence-electron chi connectivity index (χ4n) is 11.3. The Labute approximate surface area is 470 Å². The third-order valence-corrected chi connectivity index (χ3v) is 15.8. The maximum Gasteiger partial charge on any atom is 0.409 e. The SMILES string of the molecule is Cc1ccc(-n2c(C)c(C3=CCOCC3)c3ccncc32)cc1.NCCCC(=O)N1CCC(c2cn(-c3ccc(Cl)cn3)c3cnccc23)CC1.NCCOC(=O)N1CCC(c2cn(-c3ccc(Cl)cc3)c3cnccc23)CC1. The fraction of sp³-hybridized carbons (Fsp3) is 0.323. The Morgan fingerprint density at radius 3 is 1.84 bits per heavy atom. The molecule has 2 saturated heterocycles. The van der Waals surface area contributed by atoms with Gasteiger partial charge in [-0.2, -0.15) is 0 Å². The molecule has 2 aromatic carbocycles. The maximum absolute atomic E-state index is 12.3. The zero-order valence-electron chi connectivity index (χ0n) is 44.8. The standard InChI is InChI=1S/C21H24ClN5O.C21H23ClN4O2.C20H20N2O/c22-16-3-4-20(25-12-16)27-14-18(17-5-9-24-13-19(17)27)15-6-10-26(11-7-15)21(28)2-1-8-23;22-16-1-3-17(4-2-16)26-14-19(18-5-9-24-13-20(18)26)15-6-10-25(11-7-15)21(27)28-12-8-23;1-14-3-5-17(6-4-14)22-15(2)20(16-8-11-23-12-9-16)18-7-10-21-13-19(18)22/h3-5,9,12-15H,1-2,6-8,10-11,23H2;1-5,9,13-15H,6-8,10-12,23H2;3-8,10,13H,9,11-12H2,1-2H3. The Morgan fingerprint density at radius 1 is 0.658 bits per heavy atom. The van der Waals surface area contributed by atoms with Crippen molar-refractivity contribution in [1.29, 1.82) is 0 Å². The minimum Gasteiger partial charge on any atom is -0.448 e. The van der Waals surface area contributed by atoms with E-state index >= 15 is 0 Å². The first-order chi connectivity index (χ1) is 38.6. The molecule has 3 aliphatic rings. The van der Waals surface area contributed by atoms with E-state index in [1.165, 1.54) is 55.4 Å². The van der Waals surface area contributed by atoms with Crippen LogP contribution in [0.1, 0.15) is 84.7 Å². The molecule has 0 saturated carbocycles. The van der Waals surface area contributed by atoms with Gasteiger partial charge in [0.15, 0.2) is 0 Å². The molecule has 3 aliphatic heterocycles. The first kappa shape index (κ1) is 54.9. The van der Waals surface area contributed by atoms with Gasteiger partial charge in [-0.3, -0.25) is 24.3 Å². The van der Waals surface area contributed by atoms with Gasteiger partial charge in [-0.15, -0.1) is 0 Å². The van der Waals surface area contributed by atoms with Gasteiger partial charge in [0.05, 0.1) is 53.4 Å². The lowest BCUT2D eigenvalue weighted by atomic mass is 9.89. The molecule has 79 heavy (non-hydrogen) atoms. The van der Waals surface area contributed by atoms with E-state index in [2.05, 4.69) is 108 Å².